The Morgan fingerprint density at radius 1 is 1.22 bits per heavy atom. The number of nitrogens with zero attached hydrogens (tertiary/aromatic N) is 4. The van der Waals surface area contributed by atoms with E-state index in [-0.39, 0.29) is 17.9 Å². The molecule has 0 radical (unpaired) electrons. The summed E-state index contributed by atoms with van der Waals surface area (Å²) in [7, 11) is 0. The van der Waals surface area contributed by atoms with Crippen molar-refractivity contribution < 1.29 is 9.84 Å². The summed E-state index contributed by atoms with van der Waals surface area (Å²) < 4.78 is 5.86. The summed E-state index contributed by atoms with van der Waals surface area (Å²) in [5.41, 5.74) is 0.549. The molecule has 27 heavy (non-hydrogen) atoms. The van der Waals surface area contributed by atoms with Crippen LogP contribution in [0.1, 0.15) is 39.0 Å². The lowest BCUT2D eigenvalue weighted by Crippen LogP contribution is -2.34. The van der Waals surface area contributed by atoms with Crippen molar-refractivity contribution in [2.45, 2.75) is 51.1 Å². The maximum Gasteiger partial charge on any atom is 0.325 e. The molecule has 2 aromatic rings. The van der Waals surface area contributed by atoms with Crippen molar-refractivity contribution in [3.8, 4) is 11.9 Å². The minimum Gasteiger partial charge on any atom is -0.493 e. The Morgan fingerprint density at radius 2 is 2.07 bits per heavy atom. The molecule has 1 aliphatic heterocycles. The maximum absolute atomic E-state index is 10.1. The lowest BCUT2D eigenvalue weighted by atomic mass is 10.1. The van der Waals surface area contributed by atoms with Crippen LogP contribution in [0.2, 0.25) is 0 Å². The van der Waals surface area contributed by atoms with Crippen LogP contribution in [0, 0.1) is 0 Å². The minimum atomic E-state index is -0.106. The molecule has 1 saturated carbocycles. The second kappa shape index (κ2) is 7.78. The fraction of sp³-hybridized carbons (Fsp3) is 0.381. The van der Waals surface area contributed by atoms with Crippen molar-refractivity contribution in [1.82, 2.24) is 19.9 Å². The van der Waals surface area contributed by atoms with Gasteiger partial charge in [0.05, 0.1) is 17.1 Å². The zero-order valence-electron chi connectivity index (χ0n) is 15.5. The summed E-state index contributed by atoms with van der Waals surface area (Å²) in [4.78, 5) is 14.9. The molecular weight excluding hydrogens is 340 g/mol. The summed E-state index contributed by atoms with van der Waals surface area (Å²) in [5, 5.41) is 10.7. The van der Waals surface area contributed by atoms with E-state index in [0.717, 1.165) is 6.42 Å². The van der Waals surface area contributed by atoms with Gasteiger partial charge in [0.15, 0.2) is 0 Å². The summed E-state index contributed by atoms with van der Waals surface area (Å²) in [6, 6.07) is 2.70. The summed E-state index contributed by atoms with van der Waals surface area (Å²) in [6.07, 6.45) is 19.6. The Balaban J connectivity index is 1.54. The van der Waals surface area contributed by atoms with Gasteiger partial charge in [-0.2, -0.15) is 9.97 Å². The minimum absolute atomic E-state index is 0.106. The number of hydrogen-bond acceptors (Lipinski definition) is 6. The Labute approximate surface area is 158 Å². The van der Waals surface area contributed by atoms with E-state index in [4.69, 9.17) is 4.74 Å². The standard InChI is InChI=1S/C21H24N4O2/c1-15-9-10-17(8-4-5-13-25(15)16-6-2-3-7-16)27-21-23-19-14-22-12-11-18(19)20(26)24-21/h5,8-16H,2-4,6-7H2,1H3,(H,23,24,26)/b10-9-,13-5-,17-8+. The predicted octanol–water partition coefficient (Wildman–Crippen LogP) is 4.10. The molecule has 4 rings (SSSR count). The van der Waals surface area contributed by atoms with Crippen LogP contribution in [0.15, 0.2) is 54.7 Å². The number of aromatic nitrogens is 3. The van der Waals surface area contributed by atoms with Crippen LogP contribution in [-0.4, -0.2) is 37.0 Å². The molecule has 2 aliphatic rings. The molecule has 1 aliphatic carbocycles. The van der Waals surface area contributed by atoms with Crippen LogP contribution in [-0.2, 0) is 0 Å². The number of allylic oxidation sites excluding steroid dienone is 3. The topological polar surface area (TPSA) is 71.4 Å². The first-order chi connectivity index (χ1) is 13.2. The van der Waals surface area contributed by atoms with Gasteiger partial charge in [-0.25, -0.2) is 0 Å². The molecule has 3 heterocycles. The fourth-order valence-electron chi connectivity index (χ4n) is 3.73. The van der Waals surface area contributed by atoms with Crippen LogP contribution < -0.4 is 4.74 Å². The number of pyridine rings is 1. The Morgan fingerprint density at radius 3 is 2.93 bits per heavy atom. The molecule has 6 nitrogen and oxygen atoms in total. The fourth-order valence-corrected chi connectivity index (χ4v) is 3.73. The third-order valence-electron chi connectivity index (χ3n) is 5.16. The van der Waals surface area contributed by atoms with E-state index >= 15 is 0 Å². The number of hydrogen-bond donors (Lipinski definition) is 1. The number of rotatable bonds is 3. The van der Waals surface area contributed by atoms with Gasteiger partial charge in [-0.3, -0.25) is 4.98 Å². The molecule has 0 aromatic carbocycles. The van der Waals surface area contributed by atoms with Crippen molar-refractivity contribution in [1.29, 1.82) is 0 Å². The maximum atomic E-state index is 10.1. The third-order valence-corrected chi connectivity index (χ3v) is 5.16. The number of ether oxygens (including phenoxy) is 1. The van der Waals surface area contributed by atoms with Gasteiger partial charge >= 0.3 is 6.01 Å². The van der Waals surface area contributed by atoms with Crippen molar-refractivity contribution >= 4 is 10.9 Å². The average Bonchev–Trinajstić information content (AvgIpc) is 3.21. The van der Waals surface area contributed by atoms with Crippen molar-refractivity contribution in [3.05, 3.63) is 54.7 Å². The van der Waals surface area contributed by atoms with Crippen molar-refractivity contribution in [3.63, 3.8) is 0 Å². The molecule has 1 atom stereocenters. The monoisotopic (exact) mass is 364 g/mol. The summed E-state index contributed by atoms with van der Waals surface area (Å²) >= 11 is 0. The van der Waals surface area contributed by atoms with Gasteiger partial charge in [0.25, 0.3) is 0 Å². The summed E-state index contributed by atoms with van der Waals surface area (Å²) in [6.45, 7) is 2.20. The molecule has 0 spiro atoms. The van der Waals surface area contributed by atoms with Gasteiger partial charge in [0.2, 0.25) is 5.88 Å². The van der Waals surface area contributed by atoms with Gasteiger partial charge < -0.3 is 14.7 Å². The normalized spacial score (nSPS) is 25.3. The van der Waals surface area contributed by atoms with Gasteiger partial charge in [0, 0.05) is 18.3 Å². The molecule has 2 aromatic heterocycles. The first-order valence-corrected chi connectivity index (χ1v) is 9.52. The lowest BCUT2D eigenvalue weighted by Gasteiger charge is -2.32. The van der Waals surface area contributed by atoms with Gasteiger partial charge in [-0.1, -0.05) is 25.0 Å². The molecule has 1 N–H and O–H groups in total. The lowest BCUT2D eigenvalue weighted by molar-refractivity contribution is 0.248. The highest BCUT2D eigenvalue weighted by Crippen LogP contribution is 2.27. The van der Waals surface area contributed by atoms with Crippen LogP contribution >= 0.6 is 0 Å². The third kappa shape index (κ3) is 3.94. The van der Waals surface area contributed by atoms with Crippen LogP contribution in [0.5, 0.6) is 11.9 Å². The van der Waals surface area contributed by atoms with E-state index in [0.29, 0.717) is 22.7 Å². The predicted molar refractivity (Wildman–Crippen MR) is 104 cm³/mol. The largest absolute Gasteiger partial charge is 0.493 e. The van der Waals surface area contributed by atoms with Crippen LogP contribution in [0.3, 0.4) is 0 Å². The van der Waals surface area contributed by atoms with Crippen molar-refractivity contribution in [2.75, 3.05) is 0 Å². The number of aromatic hydroxyl groups is 1. The van der Waals surface area contributed by atoms with E-state index in [1.165, 1.54) is 25.7 Å². The van der Waals surface area contributed by atoms with Crippen LogP contribution in [0.4, 0.5) is 0 Å². The van der Waals surface area contributed by atoms with Gasteiger partial charge in [-0.15, -0.1) is 0 Å². The van der Waals surface area contributed by atoms with Gasteiger partial charge in [0.1, 0.15) is 5.76 Å². The first kappa shape index (κ1) is 17.5. The SMILES string of the molecule is CC1/C=C\C(Oc2nc(O)c3ccncc3n2)=C/C/C=C\N1C1CCCC1. The van der Waals surface area contributed by atoms with E-state index < -0.39 is 0 Å². The highest BCUT2D eigenvalue weighted by Gasteiger charge is 2.23. The Bertz CT molecular complexity index is 900. The van der Waals surface area contributed by atoms with E-state index in [1.807, 2.05) is 12.2 Å². The van der Waals surface area contributed by atoms with E-state index in [9.17, 15) is 5.11 Å². The number of fused-ring (bicyclic) bond motifs is 1. The first-order valence-electron chi connectivity index (χ1n) is 9.52. The molecule has 0 bridgehead atoms. The molecule has 6 heteroatoms. The molecule has 1 unspecified atom stereocenters. The molecule has 0 saturated heterocycles. The van der Waals surface area contributed by atoms with E-state index in [2.05, 4.69) is 45.1 Å². The van der Waals surface area contributed by atoms with Gasteiger partial charge in [-0.05, 0) is 50.6 Å². The zero-order valence-corrected chi connectivity index (χ0v) is 15.5. The Hall–Kier alpha value is -2.89. The molecule has 0 amide bonds. The molecule has 140 valence electrons. The van der Waals surface area contributed by atoms with Crippen LogP contribution in [0.25, 0.3) is 10.9 Å². The molecule has 1 fully saturated rings. The second-order valence-electron chi connectivity index (χ2n) is 7.04. The average molecular weight is 364 g/mol. The Kier molecular flexibility index (Phi) is 5.05. The van der Waals surface area contributed by atoms with Crippen molar-refractivity contribution in [2.24, 2.45) is 0 Å². The summed E-state index contributed by atoms with van der Waals surface area (Å²) in [5.74, 6) is 0.563. The zero-order chi connectivity index (χ0) is 18.6. The molecular formula is C21H24N4O2. The highest BCUT2D eigenvalue weighted by molar-refractivity contribution is 5.82. The highest BCUT2D eigenvalue weighted by atomic mass is 16.5. The van der Waals surface area contributed by atoms with E-state index in [1.54, 1.807) is 18.5 Å². The second-order valence-corrected chi connectivity index (χ2v) is 7.04. The quantitative estimate of drug-likeness (QED) is 0.884. The smallest absolute Gasteiger partial charge is 0.325 e.